The molecule has 7 heteroatoms. The zero-order chi connectivity index (χ0) is 15.0. The smallest absolute Gasteiger partial charge is 0.273 e. The van der Waals surface area contributed by atoms with Crippen LogP contribution in [0.3, 0.4) is 0 Å². The SMILES string of the molecule is Cc1nc2ncccn2c1C(=O)N(C)[C@@H](C)c1nccs1. The average Bonchev–Trinajstić information content (AvgIpc) is 3.11. The van der Waals surface area contributed by atoms with E-state index < -0.39 is 0 Å². The van der Waals surface area contributed by atoms with Crippen molar-refractivity contribution in [3.63, 3.8) is 0 Å². The number of hydrogen-bond acceptors (Lipinski definition) is 5. The molecule has 0 saturated heterocycles. The van der Waals surface area contributed by atoms with E-state index in [1.807, 2.05) is 19.2 Å². The van der Waals surface area contributed by atoms with E-state index in [0.29, 0.717) is 17.2 Å². The molecule has 0 fully saturated rings. The van der Waals surface area contributed by atoms with Gasteiger partial charge in [0, 0.05) is 31.0 Å². The highest BCUT2D eigenvalue weighted by Crippen LogP contribution is 2.23. The molecule has 3 rings (SSSR count). The normalized spacial score (nSPS) is 12.5. The van der Waals surface area contributed by atoms with E-state index in [9.17, 15) is 4.79 Å². The summed E-state index contributed by atoms with van der Waals surface area (Å²) in [7, 11) is 1.78. The van der Waals surface area contributed by atoms with Crippen molar-refractivity contribution < 1.29 is 4.79 Å². The first-order valence-corrected chi connectivity index (χ1v) is 7.43. The summed E-state index contributed by atoms with van der Waals surface area (Å²) >= 11 is 1.54. The highest BCUT2D eigenvalue weighted by Gasteiger charge is 2.25. The summed E-state index contributed by atoms with van der Waals surface area (Å²) in [6.45, 7) is 3.79. The number of fused-ring (bicyclic) bond motifs is 1. The van der Waals surface area contributed by atoms with Crippen molar-refractivity contribution in [3.8, 4) is 0 Å². The summed E-state index contributed by atoms with van der Waals surface area (Å²) in [5, 5.41) is 2.82. The number of thiazole rings is 1. The Morgan fingerprint density at radius 3 is 2.90 bits per heavy atom. The molecule has 0 saturated carbocycles. The van der Waals surface area contributed by atoms with Crippen molar-refractivity contribution in [2.45, 2.75) is 19.9 Å². The lowest BCUT2D eigenvalue weighted by molar-refractivity contribution is 0.0734. The van der Waals surface area contributed by atoms with Crippen LogP contribution in [0.15, 0.2) is 30.0 Å². The highest BCUT2D eigenvalue weighted by molar-refractivity contribution is 7.09. The minimum absolute atomic E-state index is 0.0841. The lowest BCUT2D eigenvalue weighted by atomic mass is 10.2. The molecule has 1 atom stereocenters. The van der Waals surface area contributed by atoms with Gasteiger partial charge in [0.2, 0.25) is 5.78 Å². The summed E-state index contributed by atoms with van der Waals surface area (Å²) in [6.07, 6.45) is 5.22. The largest absolute Gasteiger partial charge is 0.331 e. The molecule has 0 aromatic carbocycles. The minimum Gasteiger partial charge on any atom is -0.331 e. The van der Waals surface area contributed by atoms with Crippen molar-refractivity contribution in [2.24, 2.45) is 0 Å². The maximum atomic E-state index is 12.8. The molecule has 0 radical (unpaired) electrons. The molecule has 1 amide bonds. The van der Waals surface area contributed by atoms with Crippen LogP contribution < -0.4 is 0 Å². The predicted molar refractivity (Wildman–Crippen MR) is 80.3 cm³/mol. The minimum atomic E-state index is -0.0873. The number of nitrogens with zero attached hydrogens (tertiary/aromatic N) is 5. The van der Waals surface area contributed by atoms with Crippen LogP contribution in [0.25, 0.3) is 5.78 Å². The fourth-order valence-electron chi connectivity index (χ4n) is 2.20. The van der Waals surface area contributed by atoms with Gasteiger partial charge in [0.25, 0.3) is 5.91 Å². The van der Waals surface area contributed by atoms with E-state index in [0.717, 1.165) is 5.01 Å². The number of aryl methyl sites for hydroxylation is 1. The number of aromatic nitrogens is 4. The van der Waals surface area contributed by atoms with E-state index in [1.54, 1.807) is 52.3 Å². The topological polar surface area (TPSA) is 63.4 Å². The fraction of sp³-hybridized carbons (Fsp3) is 0.286. The fourth-order valence-corrected chi connectivity index (χ4v) is 2.94. The number of carbonyl (C=O) groups is 1. The summed E-state index contributed by atoms with van der Waals surface area (Å²) in [6, 6.07) is 1.70. The third-order valence-corrected chi connectivity index (χ3v) is 4.44. The zero-order valence-corrected chi connectivity index (χ0v) is 12.8. The molecule has 3 heterocycles. The van der Waals surface area contributed by atoms with Crippen LogP contribution in [0.5, 0.6) is 0 Å². The third-order valence-electron chi connectivity index (χ3n) is 3.49. The van der Waals surface area contributed by atoms with Crippen LogP contribution >= 0.6 is 11.3 Å². The quantitative estimate of drug-likeness (QED) is 0.745. The van der Waals surface area contributed by atoms with Crippen LogP contribution in [0.1, 0.15) is 34.2 Å². The highest BCUT2D eigenvalue weighted by atomic mass is 32.1. The predicted octanol–water partition coefficient (Wildman–Crippen LogP) is 2.33. The Labute approximate surface area is 126 Å². The number of imidazole rings is 1. The Morgan fingerprint density at radius 2 is 2.19 bits per heavy atom. The lowest BCUT2D eigenvalue weighted by Gasteiger charge is -2.23. The van der Waals surface area contributed by atoms with Crippen LogP contribution in [0, 0.1) is 6.92 Å². The van der Waals surface area contributed by atoms with Crippen LogP contribution in [-0.4, -0.2) is 37.2 Å². The van der Waals surface area contributed by atoms with E-state index in [-0.39, 0.29) is 11.9 Å². The Hall–Kier alpha value is -2.28. The first kappa shape index (κ1) is 13.7. The number of amides is 1. The van der Waals surface area contributed by atoms with E-state index in [1.165, 1.54) is 0 Å². The monoisotopic (exact) mass is 301 g/mol. The van der Waals surface area contributed by atoms with Gasteiger partial charge in [-0.2, -0.15) is 0 Å². The van der Waals surface area contributed by atoms with Crippen LogP contribution in [-0.2, 0) is 0 Å². The second-order valence-corrected chi connectivity index (χ2v) is 5.72. The molecule has 0 aliphatic heterocycles. The van der Waals surface area contributed by atoms with Crippen molar-refractivity contribution >= 4 is 23.0 Å². The maximum Gasteiger partial charge on any atom is 0.273 e. The average molecular weight is 301 g/mol. The Balaban J connectivity index is 1.99. The van der Waals surface area contributed by atoms with Crippen LogP contribution in [0.2, 0.25) is 0 Å². The van der Waals surface area contributed by atoms with Gasteiger partial charge < -0.3 is 4.90 Å². The van der Waals surface area contributed by atoms with Gasteiger partial charge in [-0.1, -0.05) is 0 Å². The molecule has 0 aliphatic rings. The first-order chi connectivity index (χ1) is 10.1. The maximum absolute atomic E-state index is 12.8. The van der Waals surface area contributed by atoms with Crippen LogP contribution in [0.4, 0.5) is 0 Å². The van der Waals surface area contributed by atoms with Crippen molar-refractivity contribution in [3.05, 3.63) is 46.4 Å². The standard InChI is InChI=1S/C14H15N5OS/c1-9-11(19-7-4-5-16-14(19)17-9)13(20)18(3)10(2)12-15-6-8-21-12/h4-8,10H,1-3H3/t10-/m0/s1. The number of hydrogen-bond donors (Lipinski definition) is 0. The summed E-state index contributed by atoms with van der Waals surface area (Å²) in [5.74, 6) is 0.448. The van der Waals surface area contributed by atoms with Crippen molar-refractivity contribution in [1.82, 2.24) is 24.3 Å². The Bertz CT molecular complexity index is 780. The molecule has 6 nitrogen and oxygen atoms in total. The second kappa shape index (κ2) is 5.25. The molecule has 0 N–H and O–H groups in total. The first-order valence-electron chi connectivity index (χ1n) is 6.56. The molecule has 0 unspecified atom stereocenters. The summed E-state index contributed by atoms with van der Waals surface area (Å²) < 4.78 is 1.72. The third kappa shape index (κ3) is 2.29. The lowest BCUT2D eigenvalue weighted by Crippen LogP contribution is -2.31. The van der Waals surface area contributed by atoms with Crippen molar-refractivity contribution in [2.75, 3.05) is 7.05 Å². The van der Waals surface area contributed by atoms with Gasteiger partial charge in [0.1, 0.15) is 10.7 Å². The Morgan fingerprint density at radius 1 is 1.38 bits per heavy atom. The van der Waals surface area contributed by atoms with Gasteiger partial charge in [-0.3, -0.25) is 9.20 Å². The molecule has 108 valence electrons. The summed E-state index contributed by atoms with van der Waals surface area (Å²) in [4.78, 5) is 27.2. The van der Waals surface area contributed by atoms with Crippen molar-refractivity contribution in [1.29, 1.82) is 0 Å². The van der Waals surface area contributed by atoms with E-state index >= 15 is 0 Å². The molecule has 0 spiro atoms. The molecule has 0 bridgehead atoms. The molecular formula is C14H15N5OS. The van der Waals surface area contributed by atoms with Gasteiger partial charge in [0.05, 0.1) is 11.7 Å². The van der Waals surface area contributed by atoms with Gasteiger partial charge in [-0.25, -0.2) is 15.0 Å². The van der Waals surface area contributed by atoms with Gasteiger partial charge in [-0.05, 0) is 19.9 Å². The van der Waals surface area contributed by atoms with Gasteiger partial charge in [-0.15, -0.1) is 11.3 Å². The van der Waals surface area contributed by atoms with E-state index in [2.05, 4.69) is 15.0 Å². The Kier molecular flexibility index (Phi) is 3.42. The molecule has 0 aliphatic carbocycles. The molecule has 3 aromatic rings. The number of carbonyl (C=O) groups excluding carboxylic acids is 1. The number of rotatable bonds is 3. The molecule has 3 aromatic heterocycles. The zero-order valence-electron chi connectivity index (χ0n) is 12.0. The van der Waals surface area contributed by atoms with Gasteiger partial charge in [0.15, 0.2) is 0 Å². The molecular weight excluding hydrogens is 286 g/mol. The molecule has 21 heavy (non-hydrogen) atoms. The van der Waals surface area contributed by atoms with Gasteiger partial charge >= 0.3 is 0 Å². The summed E-state index contributed by atoms with van der Waals surface area (Å²) in [5.41, 5.74) is 1.22. The van der Waals surface area contributed by atoms with E-state index in [4.69, 9.17) is 0 Å². The second-order valence-electron chi connectivity index (χ2n) is 4.80.